The van der Waals surface area contributed by atoms with Crippen LogP contribution in [0.25, 0.3) is 0 Å². The van der Waals surface area contributed by atoms with Gasteiger partial charge in [-0.15, -0.1) is 0 Å². The van der Waals surface area contributed by atoms with E-state index in [1.807, 2.05) is 0 Å². The lowest BCUT2D eigenvalue weighted by Gasteiger charge is -2.05. The smallest absolute Gasteiger partial charge is 0.338 e. The van der Waals surface area contributed by atoms with Crippen LogP contribution in [-0.4, -0.2) is 17.6 Å². The highest BCUT2D eigenvalue weighted by atomic mass is 16.5. The van der Waals surface area contributed by atoms with Gasteiger partial charge < -0.3 is 4.74 Å². The first-order chi connectivity index (χ1) is 12.8. The molecule has 3 nitrogen and oxygen atoms in total. The molecule has 0 saturated carbocycles. The Hall–Kier alpha value is -1.38. The van der Waals surface area contributed by atoms with Crippen LogP contribution in [0.5, 0.6) is 0 Å². The molecule has 0 unspecified atom stereocenters. The third-order valence-electron chi connectivity index (χ3n) is 4.90. The molecule has 0 spiro atoms. The lowest BCUT2D eigenvalue weighted by molar-refractivity contribution is 0.0497. The topological polar surface area (TPSA) is 39.2 Å². The molecule has 0 aromatic carbocycles. The van der Waals surface area contributed by atoms with Gasteiger partial charge in [0.15, 0.2) is 0 Å². The fourth-order valence-corrected chi connectivity index (χ4v) is 3.21. The van der Waals surface area contributed by atoms with Gasteiger partial charge in [-0.2, -0.15) is 0 Å². The number of hydrogen-bond donors (Lipinski definition) is 0. The lowest BCUT2D eigenvalue weighted by Crippen LogP contribution is -2.06. The Labute approximate surface area is 160 Å². The van der Waals surface area contributed by atoms with E-state index in [-0.39, 0.29) is 5.97 Å². The number of pyridine rings is 1. The summed E-state index contributed by atoms with van der Waals surface area (Å²) in [7, 11) is 0. The first-order valence-corrected chi connectivity index (χ1v) is 10.9. The van der Waals surface area contributed by atoms with Gasteiger partial charge in [0.1, 0.15) is 0 Å². The van der Waals surface area contributed by atoms with Crippen molar-refractivity contribution >= 4 is 5.97 Å². The molecule has 0 atom stereocenters. The Balaban J connectivity index is 1.76. The van der Waals surface area contributed by atoms with Crippen LogP contribution in [0.4, 0.5) is 0 Å². The van der Waals surface area contributed by atoms with Crippen molar-refractivity contribution in [2.75, 3.05) is 6.61 Å². The second-order valence-corrected chi connectivity index (χ2v) is 7.32. The highest BCUT2D eigenvalue weighted by Gasteiger charge is 2.05. The Morgan fingerprint density at radius 1 is 0.731 bits per heavy atom. The van der Waals surface area contributed by atoms with Crippen molar-refractivity contribution in [2.45, 2.75) is 103 Å². The van der Waals surface area contributed by atoms with E-state index in [4.69, 9.17) is 4.74 Å². The summed E-state index contributed by atoms with van der Waals surface area (Å²) in [6, 6.07) is 3.38. The molecule has 0 amide bonds. The van der Waals surface area contributed by atoms with Crippen LogP contribution in [0.2, 0.25) is 0 Å². The Morgan fingerprint density at radius 3 is 1.62 bits per heavy atom. The molecule has 0 saturated heterocycles. The van der Waals surface area contributed by atoms with E-state index < -0.39 is 0 Å². The second kappa shape index (κ2) is 17.1. The van der Waals surface area contributed by atoms with Gasteiger partial charge in [0.2, 0.25) is 0 Å². The van der Waals surface area contributed by atoms with Gasteiger partial charge >= 0.3 is 5.97 Å². The standard InChI is InChI=1S/C23H39NO2/c1-2-3-4-5-6-7-8-9-10-11-12-13-14-15-16-21-26-23(25)22-17-19-24-20-18-22/h17-20H,2-16,21H2,1H3. The molecule has 1 aromatic heterocycles. The number of carbonyl (C=O) groups is 1. The number of unbranched alkanes of at least 4 members (excludes halogenated alkanes) is 14. The van der Waals surface area contributed by atoms with Gasteiger partial charge in [-0.05, 0) is 18.6 Å². The molecule has 0 aliphatic heterocycles. The average molecular weight is 362 g/mol. The maximum absolute atomic E-state index is 11.7. The number of esters is 1. The lowest BCUT2D eigenvalue weighted by atomic mass is 10.0. The number of carbonyl (C=O) groups excluding carboxylic acids is 1. The fourth-order valence-electron chi connectivity index (χ4n) is 3.21. The first kappa shape index (κ1) is 22.7. The van der Waals surface area contributed by atoms with Crippen LogP contribution in [0.15, 0.2) is 24.5 Å². The molecule has 0 fully saturated rings. The van der Waals surface area contributed by atoms with E-state index in [1.165, 1.54) is 83.5 Å². The number of aromatic nitrogens is 1. The third-order valence-corrected chi connectivity index (χ3v) is 4.90. The average Bonchev–Trinajstić information content (AvgIpc) is 2.68. The predicted octanol–water partition coefficient (Wildman–Crippen LogP) is 7.11. The van der Waals surface area contributed by atoms with Crippen molar-refractivity contribution in [1.82, 2.24) is 4.98 Å². The van der Waals surface area contributed by atoms with E-state index in [0.29, 0.717) is 12.2 Å². The fraction of sp³-hybridized carbons (Fsp3) is 0.739. The summed E-state index contributed by atoms with van der Waals surface area (Å²) < 4.78 is 5.27. The summed E-state index contributed by atoms with van der Waals surface area (Å²) in [5, 5.41) is 0. The summed E-state index contributed by atoms with van der Waals surface area (Å²) in [4.78, 5) is 15.6. The van der Waals surface area contributed by atoms with E-state index in [0.717, 1.165) is 12.8 Å². The van der Waals surface area contributed by atoms with Crippen LogP contribution >= 0.6 is 0 Å². The summed E-state index contributed by atoms with van der Waals surface area (Å²) in [5.74, 6) is -0.238. The van der Waals surface area contributed by atoms with Gasteiger partial charge in [0.25, 0.3) is 0 Å². The minimum Gasteiger partial charge on any atom is -0.462 e. The van der Waals surface area contributed by atoms with Crippen LogP contribution in [0.1, 0.15) is 114 Å². The second-order valence-electron chi connectivity index (χ2n) is 7.32. The summed E-state index contributed by atoms with van der Waals surface area (Å²) in [5.41, 5.74) is 0.584. The maximum atomic E-state index is 11.7. The molecule has 1 heterocycles. The highest BCUT2D eigenvalue weighted by molar-refractivity contribution is 5.89. The molecule has 0 aliphatic rings. The van der Waals surface area contributed by atoms with Crippen molar-refractivity contribution in [3.05, 3.63) is 30.1 Å². The van der Waals surface area contributed by atoms with Crippen molar-refractivity contribution in [3.63, 3.8) is 0 Å². The monoisotopic (exact) mass is 361 g/mol. The van der Waals surface area contributed by atoms with Crippen molar-refractivity contribution in [1.29, 1.82) is 0 Å². The van der Waals surface area contributed by atoms with Crippen LogP contribution in [-0.2, 0) is 4.74 Å². The molecule has 0 radical (unpaired) electrons. The molecule has 0 N–H and O–H groups in total. The first-order valence-electron chi connectivity index (χ1n) is 10.9. The zero-order chi connectivity index (χ0) is 18.7. The molecule has 1 rings (SSSR count). The van der Waals surface area contributed by atoms with Gasteiger partial charge in [0.05, 0.1) is 12.2 Å². The Bertz CT molecular complexity index is 433. The number of nitrogens with zero attached hydrogens (tertiary/aromatic N) is 1. The third kappa shape index (κ3) is 12.9. The summed E-state index contributed by atoms with van der Waals surface area (Å²) in [6.45, 7) is 2.80. The largest absolute Gasteiger partial charge is 0.462 e. The van der Waals surface area contributed by atoms with Crippen molar-refractivity contribution in [2.24, 2.45) is 0 Å². The van der Waals surface area contributed by atoms with Gasteiger partial charge in [-0.1, -0.05) is 96.8 Å². The number of rotatable bonds is 17. The maximum Gasteiger partial charge on any atom is 0.338 e. The minimum absolute atomic E-state index is 0.238. The Morgan fingerprint density at radius 2 is 1.15 bits per heavy atom. The molecule has 0 aliphatic carbocycles. The molecule has 3 heteroatoms. The van der Waals surface area contributed by atoms with E-state index in [9.17, 15) is 4.79 Å². The number of hydrogen-bond acceptors (Lipinski definition) is 3. The molecular weight excluding hydrogens is 322 g/mol. The quantitative estimate of drug-likeness (QED) is 0.219. The number of ether oxygens (including phenoxy) is 1. The van der Waals surface area contributed by atoms with E-state index in [2.05, 4.69) is 11.9 Å². The predicted molar refractivity (Wildman–Crippen MR) is 109 cm³/mol. The van der Waals surface area contributed by atoms with Crippen LogP contribution in [0.3, 0.4) is 0 Å². The van der Waals surface area contributed by atoms with Gasteiger partial charge in [-0.25, -0.2) is 4.79 Å². The van der Waals surface area contributed by atoms with Crippen LogP contribution in [0, 0.1) is 0 Å². The van der Waals surface area contributed by atoms with Gasteiger partial charge in [-0.3, -0.25) is 4.98 Å². The highest BCUT2D eigenvalue weighted by Crippen LogP contribution is 2.13. The van der Waals surface area contributed by atoms with Crippen molar-refractivity contribution < 1.29 is 9.53 Å². The SMILES string of the molecule is CCCCCCCCCCCCCCCCCOC(=O)c1ccncc1. The minimum atomic E-state index is -0.238. The zero-order valence-corrected chi connectivity index (χ0v) is 16.9. The molecule has 0 bridgehead atoms. The van der Waals surface area contributed by atoms with Crippen molar-refractivity contribution in [3.8, 4) is 0 Å². The summed E-state index contributed by atoms with van der Waals surface area (Å²) >= 11 is 0. The van der Waals surface area contributed by atoms with Crippen LogP contribution < -0.4 is 0 Å². The van der Waals surface area contributed by atoms with Gasteiger partial charge in [0, 0.05) is 12.4 Å². The molecule has 148 valence electrons. The molecule has 26 heavy (non-hydrogen) atoms. The van der Waals surface area contributed by atoms with E-state index in [1.54, 1.807) is 24.5 Å². The molecule has 1 aromatic rings. The summed E-state index contributed by atoms with van der Waals surface area (Å²) in [6.07, 6.45) is 23.4. The zero-order valence-electron chi connectivity index (χ0n) is 16.9. The Kier molecular flexibility index (Phi) is 14.9. The van der Waals surface area contributed by atoms with E-state index >= 15 is 0 Å². The normalized spacial score (nSPS) is 10.8. The molecular formula is C23H39NO2.